The number of anilines is 1. The minimum Gasteiger partial charge on any atom is -0.393 e. The Balaban J connectivity index is 1.32. The van der Waals surface area contributed by atoms with E-state index < -0.39 is 5.95 Å². The second-order valence-corrected chi connectivity index (χ2v) is 8.95. The van der Waals surface area contributed by atoms with Crippen LogP contribution in [0.4, 0.5) is 10.2 Å². The average Bonchev–Trinajstić information content (AvgIpc) is 3.39. The minimum atomic E-state index is -0.525. The molecule has 0 saturated carbocycles. The predicted octanol–water partition coefficient (Wildman–Crippen LogP) is 3.19. The molecule has 1 saturated heterocycles. The summed E-state index contributed by atoms with van der Waals surface area (Å²) < 4.78 is 14.9. The highest BCUT2D eigenvalue weighted by Crippen LogP contribution is 2.30. The number of nitrogens with one attached hydrogen (secondary N) is 2. The van der Waals surface area contributed by atoms with Gasteiger partial charge in [-0.1, -0.05) is 12.0 Å². The van der Waals surface area contributed by atoms with Crippen LogP contribution >= 0.6 is 0 Å². The van der Waals surface area contributed by atoms with Crippen LogP contribution in [-0.4, -0.2) is 70.5 Å². The predicted molar refractivity (Wildman–Crippen MR) is 149 cm³/mol. The highest BCUT2D eigenvalue weighted by atomic mass is 19.1. The molecule has 39 heavy (non-hydrogen) atoms. The molecular weight excluding hydrogens is 493 g/mol. The van der Waals surface area contributed by atoms with Crippen molar-refractivity contribution in [1.29, 1.82) is 10.7 Å². The zero-order chi connectivity index (χ0) is 27.2. The van der Waals surface area contributed by atoms with Crippen molar-refractivity contribution in [2.45, 2.75) is 0 Å². The normalized spacial score (nSPS) is 14.0. The smallest absolute Gasteiger partial charge is 0.214 e. The summed E-state index contributed by atoms with van der Waals surface area (Å²) in [7, 11) is 1.78. The number of piperazine rings is 1. The SMILES string of the molecule is CN/C=C(\C=N)c1cc(-c2ccc(N3CCN(CC#Cc4cccc(F)n4)CC3)nc2)c2c(C#N)cnn2c1. The number of halogens is 1. The summed E-state index contributed by atoms with van der Waals surface area (Å²) in [6, 6.07) is 12.8. The van der Waals surface area contributed by atoms with E-state index >= 15 is 0 Å². The molecule has 9 nitrogen and oxygen atoms in total. The summed E-state index contributed by atoms with van der Waals surface area (Å²) in [6.45, 7) is 3.89. The number of allylic oxidation sites excluding steroid dienone is 1. The van der Waals surface area contributed by atoms with Gasteiger partial charge in [-0.3, -0.25) is 4.90 Å². The number of pyridine rings is 3. The summed E-state index contributed by atoms with van der Waals surface area (Å²) in [6.07, 6.45) is 8.21. The largest absolute Gasteiger partial charge is 0.393 e. The second kappa shape index (κ2) is 11.5. The van der Waals surface area contributed by atoms with Gasteiger partial charge in [-0.05, 0) is 36.3 Å². The number of nitrogens with zero attached hydrogens (tertiary/aromatic N) is 7. The van der Waals surface area contributed by atoms with E-state index in [1.165, 1.54) is 12.3 Å². The summed E-state index contributed by atoms with van der Waals surface area (Å²) in [5.74, 6) is 6.36. The maximum absolute atomic E-state index is 13.2. The van der Waals surface area contributed by atoms with Crippen LogP contribution in [0.15, 0.2) is 61.2 Å². The van der Waals surface area contributed by atoms with Crippen LogP contribution in [0.1, 0.15) is 16.8 Å². The second-order valence-electron chi connectivity index (χ2n) is 8.95. The molecule has 1 fully saturated rings. The Labute approximate surface area is 225 Å². The molecule has 0 bridgehead atoms. The minimum absolute atomic E-state index is 0.436. The first-order valence-corrected chi connectivity index (χ1v) is 12.4. The molecule has 2 N–H and O–H groups in total. The van der Waals surface area contributed by atoms with Gasteiger partial charge in [-0.15, -0.1) is 0 Å². The Morgan fingerprint density at radius 1 is 1.18 bits per heavy atom. The molecular formula is C29H26FN9. The lowest BCUT2D eigenvalue weighted by Crippen LogP contribution is -2.46. The van der Waals surface area contributed by atoms with Crippen LogP contribution in [0.5, 0.6) is 0 Å². The monoisotopic (exact) mass is 519 g/mol. The van der Waals surface area contributed by atoms with E-state index in [1.807, 2.05) is 30.6 Å². The number of aromatic nitrogens is 4. The Morgan fingerprint density at radius 2 is 2.03 bits per heavy atom. The van der Waals surface area contributed by atoms with E-state index in [-0.39, 0.29) is 0 Å². The highest BCUT2D eigenvalue weighted by Gasteiger charge is 2.19. The molecule has 0 aliphatic carbocycles. The van der Waals surface area contributed by atoms with Crippen molar-refractivity contribution in [2.24, 2.45) is 0 Å². The molecule has 4 aromatic rings. The lowest BCUT2D eigenvalue weighted by Gasteiger charge is -2.34. The molecule has 10 heteroatoms. The highest BCUT2D eigenvalue weighted by molar-refractivity contribution is 6.08. The maximum Gasteiger partial charge on any atom is 0.214 e. The molecule has 4 aromatic heterocycles. The van der Waals surface area contributed by atoms with Crippen LogP contribution in [0.2, 0.25) is 0 Å². The van der Waals surface area contributed by atoms with Crippen LogP contribution < -0.4 is 10.2 Å². The third kappa shape index (κ3) is 5.61. The molecule has 0 amide bonds. The van der Waals surface area contributed by atoms with E-state index in [4.69, 9.17) is 10.4 Å². The fraction of sp³-hybridized carbons (Fsp3) is 0.207. The van der Waals surface area contributed by atoms with E-state index in [2.05, 4.69) is 43.1 Å². The van der Waals surface area contributed by atoms with E-state index in [0.717, 1.165) is 48.7 Å². The van der Waals surface area contributed by atoms with Gasteiger partial charge in [0, 0.05) is 80.3 Å². The van der Waals surface area contributed by atoms with Crippen molar-refractivity contribution in [3.8, 4) is 29.0 Å². The van der Waals surface area contributed by atoms with E-state index in [9.17, 15) is 9.65 Å². The van der Waals surface area contributed by atoms with Gasteiger partial charge >= 0.3 is 0 Å². The third-order valence-electron chi connectivity index (χ3n) is 6.51. The Hall–Kier alpha value is -5.06. The van der Waals surface area contributed by atoms with Gasteiger partial charge in [-0.25, -0.2) is 14.5 Å². The van der Waals surface area contributed by atoms with E-state index in [0.29, 0.717) is 28.9 Å². The Bertz CT molecular complexity index is 1630. The maximum atomic E-state index is 13.2. The summed E-state index contributed by atoms with van der Waals surface area (Å²) in [5.41, 5.74) is 4.78. The molecule has 5 rings (SSSR count). The van der Waals surface area contributed by atoms with Crippen molar-refractivity contribution in [3.05, 3.63) is 84.0 Å². The lowest BCUT2D eigenvalue weighted by atomic mass is 10.0. The van der Waals surface area contributed by atoms with Crippen molar-refractivity contribution >= 4 is 23.1 Å². The van der Waals surface area contributed by atoms with Crippen molar-refractivity contribution in [2.75, 3.05) is 44.7 Å². The molecule has 0 spiro atoms. The molecule has 1 aliphatic heterocycles. The quantitative estimate of drug-likeness (QED) is 0.229. The first kappa shape index (κ1) is 25.6. The summed E-state index contributed by atoms with van der Waals surface area (Å²) in [4.78, 5) is 13.0. The van der Waals surface area contributed by atoms with Crippen LogP contribution in [0.25, 0.3) is 22.2 Å². The summed E-state index contributed by atoms with van der Waals surface area (Å²) in [5, 5.41) is 24.8. The first-order valence-electron chi connectivity index (χ1n) is 12.4. The van der Waals surface area contributed by atoms with Gasteiger partial charge in [0.15, 0.2) is 0 Å². The summed E-state index contributed by atoms with van der Waals surface area (Å²) >= 11 is 0. The lowest BCUT2D eigenvalue weighted by molar-refractivity contribution is 0.287. The van der Waals surface area contributed by atoms with Crippen LogP contribution in [-0.2, 0) is 0 Å². The van der Waals surface area contributed by atoms with Crippen molar-refractivity contribution in [3.63, 3.8) is 0 Å². The van der Waals surface area contributed by atoms with Crippen molar-refractivity contribution in [1.82, 2.24) is 29.8 Å². The van der Waals surface area contributed by atoms with Gasteiger partial charge < -0.3 is 15.6 Å². The third-order valence-corrected chi connectivity index (χ3v) is 6.51. The topological polar surface area (TPSA) is 109 Å². The number of nitriles is 1. The zero-order valence-corrected chi connectivity index (χ0v) is 21.4. The van der Waals surface area contributed by atoms with Crippen LogP contribution in [0, 0.1) is 34.5 Å². The first-order chi connectivity index (χ1) is 19.1. The number of fused-ring (bicyclic) bond motifs is 1. The standard InChI is InChI=1S/C29H26FN9/c1-33-17-23(15-31)22-14-26(29-24(16-32)19-35-39(29)20-22)21-7-8-28(34-18-21)38-12-10-37(11-13-38)9-3-5-25-4-2-6-27(30)36-25/h2,4,6-8,14-15,17-20,31,33H,9-13H2,1H3/b23-17+,31-15?. The van der Waals surface area contributed by atoms with Gasteiger partial charge in [0.2, 0.25) is 5.95 Å². The number of hydrogen-bond donors (Lipinski definition) is 2. The van der Waals surface area contributed by atoms with Crippen molar-refractivity contribution < 1.29 is 4.39 Å². The molecule has 0 radical (unpaired) electrons. The molecule has 0 aromatic carbocycles. The average molecular weight is 520 g/mol. The molecule has 1 aliphatic rings. The Kier molecular flexibility index (Phi) is 7.58. The van der Waals surface area contributed by atoms with E-state index in [1.54, 1.807) is 36.1 Å². The van der Waals surface area contributed by atoms with Gasteiger partial charge in [-0.2, -0.15) is 14.8 Å². The van der Waals surface area contributed by atoms with Gasteiger partial charge in [0.1, 0.15) is 17.6 Å². The van der Waals surface area contributed by atoms with Crippen LogP contribution in [0.3, 0.4) is 0 Å². The molecule has 194 valence electrons. The molecule has 0 unspecified atom stereocenters. The number of rotatable bonds is 6. The fourth-order valence-corrected chi connectivity index (χ4v) is 4.53. The zero-order valence-electron chi connectivity index (χ0n) is 21.4. The van der Waals surface area contributed by atoms with Gasteiger partial charge in [0.05, 0.1) is 23.8 Å². The fourth-order valence-electron chi connectivity index (χ4n) is 4.53. The Morgan fingerprint density at radius 3 is 2.72 bits per heavy atom. The molecule has 0 atom stereocenters. The molecule has 5 heterocycles. The van der Waals surface area contributed by atoms with Gasteiger partial charge in [0.25, 0.3) is 0 Å². The number of hydrogen-bond acceptors (Lipinski definition) is 8.